The molecule has 5 rings (SSSR count). The van der Waals surface area contributed by atoms with Crippen LogP contribution in [0.3, 0.4) is 0 Å². The van der Waals surface area contributed by atoms with Crippen LogP contribution in [0, 0.1) is 12.3 Å². The quantitative estimate of drug-likeness (QED) is 0.643. The molecule has 1 saturated heterocycles. The van der Waals surface area contributed by atoms with Crippen molar-refractivity contribution in [3.05, 3.63) is 30.1 Å². The number of likely N-dealkylation sites (tertiary alicyclic amines) is 1. The van der Waals surface area contributed by atoms with Crippen LogP contribution in [0.4, 0.5) is 0 Å². The van der Waals surface area contributed by atoms with Crippen molar-refractivity contribution in [3.8, 4) is 11.5 Å². The second-order valence-electron chi connectivity index (χ2n) is 7.68. The number of nitrogens with one attached hydrogen (secondary N) is 1. The highest BCUT2D eigenvalue weighted by Crippen LogP contribution is 2.44. The molecule has 3 aromatic rings. The zero-order valence-electron chi connectivity index (χ0n) is 15.8. The highest BCUT2D eigenvalue weighted by Gasteiger charge is 2.28. The number of hydrogen-bond acceptors (Lipinski definition) is 4. The van der Waals surface area contributed by atoms with Gasteiger partial charge in [0, 0.05) is 35.5 Å². The average molecular weight is 363 g/mol. The van der Waals surface area contributed by atoms with Gasteiger partial charge in [0.1, 0.15) is 5.52 Å². The third kappa shape index (κ3) is 3.19. The maximum Gasteiger partial charge on any atom is 0.163 e. The molecule has 0 bridgehead atoms. The monoisotopic (exact) mass is 363 g/mol. The highest BCUT2D eigenvalue weighted by molar-refractivity contribution is 6.09. The summed E-state index contributed by atoms with van der Waals surface area (Å²) in [5.41, 5.74) is 3.14. The Morgan fingerprint density at radius 3 is 2.85 bits per heavy atom. The summed E-state index contributed by atoms with van der Waals surface area (Å²) in [4.78, 5) is 10.5. The van der Waals surface area contributed by atoms with Crippen LogP contribution in [-0.4, -0.2) is 48.2 Å². The zero-order chi connectivity index (χ0) is 18.2. The molecule has 0 atom stereocenters. The first-order valence-corrected chi connectivity index (χ1v) is 10.0. The lowest BCUT2D eigenvalue weighted by Crippen LogP contribution is -2.21. The van der Waals surface area contributed by atoms with Crippen LogP contribution in [-0.2, 0) is 0 Å². The van der Waals surface area contributed by atoms with Crippen molar-refractivity contribution in [3.63, 3.8) is 0 Å². The Kier molecular flexibility index (Phi) is 4.29. The Balaban J connectivity index is 1.41. The normalized spacial score (nSPS) is 17.5. The van der Waals surface area contributed by atoms with Crippen LogP contribution < -0.4 is 9.47 Å². The Hall–Kier alpha value is -2.45. The molecule has 0 amide bonds. The van der Waals surface area contributed by atoms with Gasteiger partial charge < -0.3 is 19.4 Å². The third-order valence-electron chi connectivity index (χ3n) is 5.74. The van der Waals surface area contributed by atoms with E-state index in [1.807, 2.05) is 0 Å². The van der Waals surface area contributed by atoms with Crippen molar-refractivity contribution in [2.45, 2.75) is 38.0 Å². The van der Waals surface area contributed by atoms with Gasteiger partial charge in [-0.3, -0.25) is 0 Å². The van der Waals surface area contributed by atoms with Crippen LogP contribution in [0.5, 0.6) is 11.5 Å². The molecule has 5 heteroatoms. The fourth-order valence-electron chi connectivity index (χ4n) is 4.16. The summed E-state index contributed by atoms with van der Waals surface area (Å²) in [7, 11) is 1.70. The van der Waals surface area contributed by atoms with E-state index in [4.69, 9.17) is 9.47 Å². The molecule has 2 aromatic heterocycles. The SMILES string of the molecule is COc1cc2c(cc1OCCCN1CCCC1)[nH]c1c#cnc(C3CC3)c12. The zero-order valence-corrected chi connectivity index (χ0v) is 15.8. The minimum atomic E-state index is 0.560. The Labute approximate surface area is 159 Å². The van der Waals surface area contributed by atoms with Crippen LogP contribution in [0.25, 0.3) is 21.8 Å². The number of rotatable bonds is 7. The van der Waals surface area contributed by atoms with Gasteiger partial charge in [0.25, 0.3) is 0 Å². The van der Waals surface area contributed by atoms with E-state index in [9.17, 15) is 0 Å². The van der Waals surface area contributed by atoms with Crippen LogP contribution in [0.15, 0.2) is 12.1 Å². The second-order valence-corrected chi connectivity index (χ2v) is 7.68. The molecule has 2 aliphatic rings. The number of nitrogens with zero attached hydrogens (tertiary/aromatic N) is 2. The van der Waals surface area contributed by atoms with Crippen molar-refractivity contribution in [1.82, 2.24) is 14.9 Å². The summed E-state index contributed by atoms with van der Waals surface area (Å²) < 4.78 is 11.7. The van der Waals surface area contributed by atoms with Gasteiger partial charge >= 0.3 is 0 Å². The number of aromatic amines is 1. The topological polar surface area (TPSA) is 50.4 Å². The standard InChI is InChI=1S/C22H25N3O2/c1-26-19-13-16-18(14-20(19)27-12-4-11-25-9-2-3-10-25)24-17-7-8-23-22(21(16)17)15-5-6-15/h13-15,24H,2-6,9-12H2,1H3. The van der Waals surface area contributed by atoms with Gasteiger partial charge in [-0.1, -0.05) is 0 Å². The number of fused-ring (bicyclic) bond motifs is 3. The molecule has 0 unspecified atom stereocenters. The molecule has 5 nitrogen and oxygen atoms in total. The number of ether oxygens (including phenoxy) is 2. The predicted octanol–water partition coefficient (Wildman–Crippen LogP) is 4.07. The van der Waals surface area contributed by atoms with Crippen LogP contribution >= 0.6 is 0 Å². The van der Waals surface area contributed by atoms with Crippen molar-refractivity contribution in [1.29, 1.82) is 0 Å². The third-order valence-corrected chi connectivity index (χ3v) is 5.74. The molecule has 3 heterocycles. The molecule has 1 aliphatic heterocycles. The lowest BCUT2D eigenvalue weighted by Gasteiger charge is -2.15. The minimum Gasteiger partial charge on any atom is -0.493 e. The summed E-state index contributed by atoms with van der Waals surface area (Å²) in [6.07, 6.45) is 9.04. The van der Waals surface area contributed by atoms with Gasteiger partial charge in [-0.25, -0.2) is 4.98 Å². The Bertz CT molecular complexity index is 955. The van der Waals surface area contributed by atoms with E-state index in [-0.39, 0.29) is 0 Å². The minimum absolute atomic E-state index is 0.560. The van der Waals surface area contributed by atoms with Gasteiger partial charge in [0.05, 0.1) is 24.9 Å². The summed E-state index contributed by atoms with van der Waals surface area (Å²) >= 11 is 0. The summed E-state index contributed by atoms with van der Waals surface area (Å²) in [6.45, 7) is 4.27. The Morgan fingerprint density at radius 1 is 1.22 bits per heavy atom. The lowest BCUT2D eigenvalue weighted by atomic mass is 10.1. The lowest BCUT2D eigenvalue weighted by molar-refractivity contribution is 0.254. The van der Waals surface area contributed by atoms with E-state index in [0.29, 0.717) is 12.5 Å². The van der Waals surface area contributed by atoms with E-state index in [1.165, 1.54) is 38.8 Å². The molecule has 27 heavy (non-hydrogen) atoms. The van der Waals surface area contributed by atoms with E-state index >= 15 is 0 Å². The molecule has 1 aliphatic carbocycles. The maximum absolute atomic E-state index is 6.08. The fourth-order valence-corrected chi connectivity index (χ4v) is 4.16. The predicted molar refractivity (Wildman–Crippen MR) is 106 cm³/mol. The van der Waals surface area contributed by atoms with Crippen molar-refractivity contribution in [2.24, 2.45) is 0 Å². The second kappa shape index (κ2) is 6.94. The average Bonchev–Trinajstić information content (AvgIpc) is 3.28. The molecule has 1 aromatic carbocycles. The highest BCUT2D eigenvalue weighted by atomic mass is 16.5. The summed E-state index contributed by atoms with van der Waals surface area (Å²) in [5, 5.41) is 2.29. The van der Waals surface area contributed by atoms with Crippen LogP contribution in [0.2, 0.25) is 0 Å². The first kappa shape index (κ1) is 16.7. The van der Waals surface area contributed by atoms with E-state index in [1.54, 1.807) is 7.11 Å². The van der Waals surface area contributed by atoms with E-state index < -0.39 is 0 Å². The number of H-pyrrole nitrogens is 1. The van der Waals surface area contributed by atoms with Gasteiger partial charge in [0.2, 0.25) is 0 Å². The van der Waals surface area contributed by atoms with Crippen molar-refractivity contribution < 1.29 is 9.47 Å². The molecular weight excluding hydrogens is 338 g/mol. The molecule has 140 valence electrons. The van der Waals surface area contributed by atoms with Crippen molar-refractivity contribution >= 4 is 21.8 Å². The molecule has 1 N–H and O–H groups in total. The number of hydrogen-bond donors (Lipinski definition) is 1. The smallest absolute Gasteiger partial charge is 0.163 e. The van der Waals surface area contributed by atoms with Gasteiger partial charge in [-0.15, -0.1) is 0 Å². The number of aromatic nitrogens is 2. The first-order valence-electron chi connectivity index (χ1n) is 10.0. The fraction of sp³-hybridized carbons (Fsp3) is 0.500. The van der Waals surface area contributed by atoms with E-state index in [0.717, 1.165) is 52.0 Å². The van der Waals surface area contributed by atoms with Gasteiger partial charge in [-0.05, 0) is 57.3 Å². The number of benzene rings is 1. The first-order chi connectivity index (χ1) is 13.3. The van der Waals surface area contributed by atoms with E-state index in [2.05, 4.69) is 39.3 Å². The molecule has 1 saturated carbocycles. The summed E-state index contributed by atoms with van der Waals surface area (Å²) in [5.74, 6) is 2.13. The molecule has 0 spiro atoms. The molecule has 0 radical (unpaired) electrons. The largest absolute Gasteiger partial charge is 0.493 e. The van der Waals surface area contributed by atoms with Gasteiger partial charge in [-0.2, -0.15) is 0 Å². The Morgan fingerprint density at radius 2 is 2.07 bits per heavy atom. The van der Waals surface area contributed by atoms with Crippen LogP contribution in [0.1, 0.15) is 43.7 Å². The molecule has 2 fully saturated rings. The summed E-state index contributed by atoms with van der Waals surface area (Å²) in [6, 6.07) is 7.25. The molecular formula is C22H25N3O2. The number of methoxy groups -OCH3 is 1. The van der Waals surface area contributed by atoms with Crippen molar-refractivity contribution in [2.75, 3.05) is 33.4 Å². The van der Waals surface area contributed by atoms with Gasteiger partial charge in [0.15, 0.2) is 11.5 Å². The maximum atomic E-state index is 6.08.